The molecule has 1 saturated heterocycles. The van der Waals surface area contributed by atoms with Crippen molar-refractivity contribution in [2.45, 2.75) is 30.6 Å². The molecule has 0 aromatic heterocycles. The van der Waals surface area contributed by atoms with Crippen LogP contribution >= 0.6 is 25.3 Å². The van der Waals surface area contributed by atoms with E-state index in [0.29, 0.717) is 18.1 Å². The number of hydrogen-bond acceptors (Lipinski definition) is 7. The van der Waals surface area contributed by atoms with E-state index in [1.807, 2.05) is 0 Å². The molecule has 1 heterocycles. The number of aliphatic hydroxyl groups excluding tert-OH is 2. The van der Waals surface area contributed by atoms with Crippen LogP contribution in [-0.2, 0) is 9.47 Å². The van der Waals surface area contributed by atoms with Gasteiger partial charge in [-0.3, -0.25) is 0 Å². The predicted octanol–water partition coefficient (Wildman–Crippen LogP) is -1.10. The Kier molecular flexibility index (Phi) is 6.42. The molecule has 7 heteroatoms. The highest BCUT2D eigenvalue weighted by molar-refractivity contribution is 7.80. The number of hydrogen-bond donors (Lipinski definition) is 5. The molecule has 1 fully saturated rings. The average molecular weight is 269 g/mol. The predicted molar refractivity (Wildman–Crippen MR) is 67.2 cm³/mol. The summed E-state index contributed by atoms with van der Waals surface area (Å²) >= 11 is 8.17. The van der Waals surface area contributed by atoms with Gasteiger partial charge in [-0.25, -0.2) is 0 Å². The first-order valence-corrected chi connectivity index (χ1v) is 6.41. The molecule has 0 aromatic rings. The molecule has 3 N–H and O–H groups in total. The fourth-order valence-corrected chi connectivity index (χ4v) is 2.19. The molecule has 5 unspecified atom stereocenters. The van der Waals surface area contributed by atoms with Gasteiger partial charge in [-0.05, 0) is 0 Å². The Balaban J connectivity index is 2.67. The number of rotatable bonds is 5. The Morgan fingerprint density at radius 2 is 2.00 bits per heavy atom. The highest BCUT2D eigenvalue weighted by Gasteiger charge is 2.43. The minimum absolute atomic E-state index is 0.368. The van der Waals surface area contributed by atoms with Crippen molar-refractivity contribution in [2.24, 2.45) is 0 Å². The Bertz CT molecular complexity index is 194. The van der Waals surface area contributed by atoms with Gasteiger partial charge < -0.3 is 25.0 Å². The molecule has 5 nitrogen and oxygen atoms in total. The van der Waals surface area contributed by atoms with Gasteiger partial charge in [0.05, 0.1) is 18.2 Å². The summed E-state index contributed by atoms with van der Waals surface area (Å²) in [6.07, 6.45) is -2.90. The van der Waals surface area contributed by atoms with Crippen molar-refractivity contribution < 1.29 is 19.7 Å². The SMILES string of the molecule is COC1OC(CS)C(O)C(NCCS)C1O. The maximum atomic E-state index is 9.96. The Hall–Kier alpha value is 0.500. The van der Waals surface area contributed by atoms with Crippen LogP contribution in [0.3, 0.4) is 0 Å². The molecule has 0 aromatic carbocycles. The van der Waals surface area contributed by atoms with Gasteiger partial charge in [0.1, 0.15) is 6.10 Å². The lowest BCUT2D eigenvalue weighted by atomic mass is 9.97. The van der Waals surface area contributed by atoms with Crippen LogP contribution in [0.1, 0.15) is 0 Å². The van der Waals surface area contributed by atoms with E-state index in [9.17, 15) is 10.2 Å². The minimum Gasteiger partial charge on any atom is -0.389 e. The van der Waals surface area contributed by atoms with Gasteiger partial charge in [0.25, 0.3) is 0 Å². The lowest BCUT2D eigenvalue weighted by molar-refractivity contribution is -0.260. The molecule has 1 aliphatic heterocycles. The van der Waals surface area contributed by atoms with Crippen molar-refractivity contribution in [1.29, 1.82) is 0 Å². The molecule has 0 spiro atoms. The van der Waals surface area contributed by atoms with Crippen molar-refractivity contribution in [3.8, 4) is 0 Å². The molecule has 96 valence electrons. The van der Waals surface area contributed by atoms with Gasteiger partial charge in [0, 0.05) is 25.2 Å². The first kappa shape index (κ1) is 14.6. The summed E-state index contributed by atoms with van der Waals surface area (Å²) < 4.78 is 10.4. The van der Waals surface area contributed by atoms with Crippen molar-refractivity contribution in [3.63, 3.8) is 0 Å². The zero-order valence-electron chi connectivity index (χ0n) is 9.11. The van der Waals surface area contributed by atoms with Crippen molar-refractivity contribution in [2.75, 3.05) is 25.2 Å². The minimum atomic E-state index is -0.906. The third kappa shape index (κ3) is 3.25. The summed E-state index contributed by atoms with van der Waals surface area (Å²) in [6, 6.07) is -0.483. The van der Waals surface area contributed by atoms with Gasteiger partial charge in [0.15, 0.2) is 6.29 Å². The molecule has 16 heavy (non-hydrogen) atoms. The van der Waals surface area contributed by atoms with E-state index in [-0.39, 0.29) is 0 Å². The fourth-order valence-electron chi connectivity index (χ4n) is 1.75. The van der Waals surface area contributed by atoms with Gasteiger partial charge in [0.2, 0.25) is 0 Å². The van der Waals surface area contributed by atoms with E-state index in [1.54, 1.807) is 0 Å². The number of nitrogens with one attached hydrogen (secondary N) is 1. The highest BCUT2D eigenvalue weighted by Crippen LogP contribution is 2.22. The van der Waals surface area contributed by atoms with Crippen molar-refractivity contribution in [1.82, 2.24) is 5.32 Å². The van der Waals surface area contributed by atoms with E-state index in [1.165, 1.54) is 7.11 Å². The smallest absolute Gasteiger partial charge is 0.185 e. The summed E-state index contributed by atoms with van der Waals surface area (Å²) in [4.78, 5) is 0. The summed E-state index contributed by atoms with van der Waals surface area (Å²) in [5, 5.41) is 22.9. The van der Waals surface area contributed by atoms with E-state index >= 15 is 0 Å². The Morgan fingerprint density at radius 3 is 2.50 bits per heavy atom. The normalized spacial score (nSPS) is 39.9. The molecule has 5 atom stereocenters. The highest BCUT2D eigenvalue weighted by atomic mass is 32.1. The second-order valence-electron chi connectivity index (χ2n) is 3.65. The Morgan fingerprint density at radius 1 is 1.31 bits per heavy atom. The number of ether oxygens (including phenoxy) is 2. The summed E-state index contributed by atoms with van der Waals surface area (Å²) in [7, 11) is 1.46. The van der Waals surface area contributed by atoms with Gasteiger partial charge >= 0.3 is 0 Å². The maximum Gasteiger partial charge on any atom is 0.185 e. The third-order valence-corrected chi connectivity index (χ3v) is 3.19. The van der Waals surface area contributed by atoms with E-state index < -0.39 is 30.6 Å². The third-order valence-electron chi connectivity index (χ3n) is 2.61. The van der Waals surface area contributed by atoms with E-state index in [2.05, 4.69) is 30.6 Å². The summed E-state index contributed by atoms with van der Waals surface area (Å²) in [6.45, 7) is 0.595. The van der Waals surface area contributed by atoms with E-state index in [4.69, 9.17) is 9.47 Å². The second kappa shape index (κ2) is 7.05. The van der Waals surface area contributed by atoms with Crippen LogP contribution in [0.4, 0.5) is 0 Å². The van der Waals surface area contributed by atoms with Crippen LogP contribution in [0.25, 0.3) is 0 Å². The molecule has 1 aliphatic rings. The lowest BCUT2D eigenvalue weighted by Gasteiger charge is -2.42. The van der Waals surface area contributed by atoms with Gasteiger partial charge in [-0.15, -0.1) is 0 Å². The number of methoxy groups -OCH3 is 1. The summed E-state index contributed by atoms with van der Waals surface area (Å²) in [5.41, 5.74) is 0. The van der Waals surface area contributed by atoms with Crippen LogP contribution in [0.5, 0.6) is 0 Å². The molecule has 0 amide bonds. The van der Waals surface area contributed by atoms with Gasteiger partial charge in [-0.2, -0.15) is 25.3 Å². The molecule has 1 rings (SSSR count). The van der Waals surface area contributed by atoms with Crippen LogP contribution in [0, 0.1) is 0 Å². The van der Waals surface area contributed by atoms with Crippen LogP contribution < -0.4 is 5.32 Å². The average Bonchev–Trinajstić information content (AvgIpc) is 2.29. The first-order chi connectivity index (χ1) is 7.65. The number of aliphatic hydroxyl groups is 2. The molecule has 0 radical (unpaired) electrons. The topological polar surface area (TPSA) is 71.0 Å². The standard InChI is InChI=1S/C9H19NO4S2/c1-13-9-8(12)6(10-2-3-15)7(11)5(4-16)14-9/h5-12,15-16H,2-4H2,1H3. The van der Waals surface area contributed by atoms with Crippen LogP contribution in [-0.4, -0.2) is 66.0 Å². The number of thiol groups is 2. The Labute approximate surface area is 106 Å². The van der Waals surface area contributed by atoms with Crippen molar-refractivity contribution in [3.05, 3.63) is 0 Å². The quantitative estimate of drug-likeness (QED) is 0.410. The monoisotopic (exact) mass is 269 g/mol. The van der Waals surface area contributed by atoms with Crippen LogP contribution in [0.15, 0.2) is 0 Å². The molecule has 0 bridgehead atoms. The van der Waals surface area contributed by atoms with E-state index in [0.717, 1.165) is 0 Å². The van der Waals surface area contributed by atoms with Crippen LogP contribution in [0.2, 0.25) is 0 Å². The summed E-state index contributed by atoms with van der Waals surface area (Å²) in [5.74, 6) is 0.993. The molecular formula is C9H19NO4S2. The lowest BCUT2D eigenvalue weighted by Crippen LogP contribution is -2.63. The fraction of sp³-hybridized carbons (Fsp3) is 1.00. The van der Waals surface area contributed by atoms with Crippen molar-refractivity contribution >= 4 is 25.3 Å². The molecule has 0 aliphatic carbocycles. The zero-order chi connectivity index (χ0) is 12.1. The molecular weight excluding hydrogens is 250 g/mol. The first-order valence-electron chi connectivity index (χ1n) is 5.15. The largest absolute Gasteiger partial charge is 0.389 e. The second-order valence-corrected chi connectivity index (χ2v) is 4.46. The molecule has 0 saturated carbocycles. The zero-order valence-corrected chi connectivity index (χ0v) is 10.9. The maximum absolute atomic E-state index is 9.96. The van der Waals surface area contributed by atoms with Gasteiger partial charge in [-0.1, -0.05) is 0 Å².